The van der Waals surface area contributed by atoms with E-state index in [1.165, 1.54) is 54.6 Å². The minimum Gasteiger partial charge on any atom is -0.744 e. The largest absolute Gasteiger partial charge is 1.00 e. The summed E-state index contributed by atoms with van der Waals surface area (Å²) in [6, 6.07) is 17.0. The number of anilines is 4. The third-order valence-corrected chi connectivity index (χ3v) is 13.3. The molecule has 0 aliphatic carbocycles. The number of fused-ring (bicyclic) bond motifs is 2. The summed E-state index contributed by atoms with van der Waals surface area (Å²) in [5.41, 5.74) is 0.0536. The van der Waals surface area contributed by atoms with E-state index < -0.39 is 104 Å². The van der Waals surface area contributed by atoms with Crippen LogP contribution in [0.2, 0.25) is 0 Å². The molecule has 0 spiro atoms. The minimum absolute atomic E-state index is 0. The van der Waals surface area contributed by atoms with Crippen LogP contribution < -0.4 is 91.6 Å². The average Bonchev–Trinajstić information content (AvgIpc) is 3.20. The Hall–Kier alpha value is -4.23. The van der Waals surface area contributed by atoms with Crippen LogP contribution in [0.4, 0.5) is 50.4 Å². The Morgan fingerprint density at radius 2 is 1.00 bits per heavy atom. The molecule has 1 aromatic heterocycles. The van der Waals surface area contributed by atoms with E-state index in [0.717, 1.165) is 24.3 Å². The van der Waals surface area contributed by atoms with Crippen molar-refractivity contribution < 1.29 is 150 Å². The number of nitrogens with one attached hydrogen (secondary N) is 2. The van der Waals surface area contributed by atoms with Gasteiger partial charge in [-0.1, -0.05) is 18.2 Å². The SMILES string of the molecule is Cc1cc(Nc2nc(F)nc(Nc3ccccc3S(=O)(=O)[O-])n2)ccc1N=Nc1ccc(N=Nc2cc(S(=O)(=O)[O-])c3cc(S(=O)(=O)[O-])cc(S(=O)(=O)[O-])c3c2)c2cc(S(=O)(=O)[O-])ccc12.[K+].[Na+]. The summed E-state index contributed by atoms with van der Waals surface area (Å²) in [6.07, 6.45) is -1.26. The van der Waals surface area contributed by atoms with E-state index in [9.17, 15) is 69.2 Å². The van der Waals surface area contributed by atoms with Crippen LogP contribution in [0.15, 0.2) is 142 Å². The standard InChI is InChI=1S/C36H26FN9O15S5.K.Na/c1-18-12-19(38-35-40-34(37)41-36(42-35)39-30-4-2-3-5-31(30)64(53,54)55)6-9-27(18)44-46-28-10-11-29(24-15-21(62(47,48)49)7-8-23(24)28)45-43-20-13-25-26(32(14-20)65(56,57)58)16-22(63(50,51)52)17-33(25)66(59,60)61;;/h2-17H,1H3,(H,47,48,49)(H,50,51,52)(H,53,54,55)(H,56,57,58)(H,59,60,61)(H2,38,39,40,41,42);;/q;2*+1/p-5. The van der Waals surface area contributed by atoms with Gasteiger partial charge < -0.3 is 33.4 Å². The Labute approximate surface area is 449 Å². The van der Waals surface area contributed by atoms with Crippen LogP contribution in [0.3, 0.4) is 0 Å². The number of aryl methyl sites for hydroxylation is 1. The van der Waals surface area contributed by atoms with Gasteiger partial charge in [-0.05, 0) is 91.3 Å². The fraction of sp³-hybridized carbons (Fsp3) is 0.0278. The van der Waals surface area contributed by atoms with Crippen LogP contribution in [0, 0.1) is 13.0 Å². The van der Waals surface area contributed by atoms with Crippen LogP contribution in [0.5, 0.6) is 0 Å². The van der Waals surface area contributed by atoms with E-state index in [1.54, 1.807) is 6.92 Å². The number of nitrogens with zero attached hydrogens (tertiary/aromatic N) is 7. The van der Waals surface area contributed by atoms with Crippen molar-refractivity contribution in [3.63, 3.8) is 0 Å². The van der Waals surface area contributed by atoms with Gasteiger partial charge in [-0.15, -0.1) is 10.2 Å². The quantitative estimate of drug-likeness (QED) is 0.0833. The molecule has 0 saturated carbocycles. The first-order valence-corrected chi connectivity index (χ1v) is 24.7. The molecular weight excluding hydrogens is 1040 g/mol. The third-order valence-electron chi connectivity index (χ3n) is 9.01. The van der Waals surface area contributed by atoms with E-state index in [4.69, 9.17) is 0 Å². The molecule has 0 bridgehead atoms. The molecular formula is C36H21FKN9NaO15S5-3. The predicted octanol–water partition coefficient (Wildman–Crippen LogP) is -0.528. The van der Waals surface area contributed by atoms with Gasteiger partial charge in [0.25, 0.3) is 0 Å². The van der Waals surface area contributed by atoms with Gasteiger partial charge in [-0.25, -0.2) is 42.1 Å². The number of azo groups is 2. The molecule has 0 aliphatic rings. The molecule has 1 heterocycles. The Kier molecular flexibility index (Phi) is 16.6. The van der Waals surface area contributed by atoms with Crippen LogP contribution in [-0.4, -0.2) is 79.8 Å². The number of para-hydroxylation sites is 1. The van der Waals surface area contributed by atoms with E-state index in [0.29, 0.717) is 23.4 Å². The van der Waals surface area contributed by atoms with Crippen molar-refractivity contribution in [2.75, 3.05) is 10.6 Å². The van der Waals surface area contributed by atoms with Gasteiger partial charge in [0.1, 0.15) is 50.6 Å². The normalized spacial score (nSPS) is 12.6. The van der Waals surface area contributed by atoms with Crippen LogP contribution in [0.1, 0.15) is 5.56 Å². The van der Waals surface area contributed by atoms with Gasteiger partial charge in [0.2, 0.25) is 11.9 Å². The average molecular weight is 1060 g/mol. The molecule has 0 atom stereocenters. The Bertz CT molecular complexity index is 3860. The molecule has 32 heteroatoms. The number of rotatable bonds is 13. The molecule has 7 aromatic rings. The van der Waals surface area contributed by atoms with Gasteiger partial charge in [0.15, 0.2) is 0 Å². The molecule has 0 unspecified atom stereocenters. The number of hydrogen-bond acceptors (Lipinski definition) is 24. The topological polar surface area (TPSA) is 398 Å². The van der Waals surface area contributed by atoms with E-state index in [-0.39, 0.29) is 126 Å². The maximum atomic E-state index is 14.4. The summed E-state index contributed by atoms with van der Waals surface area (Å²) < 4.78 is 194. The van der Waals surface area contributed by atoms with Crippen molar-refractivity contribution in [2.45, 2.75) is 31.4 Å². The summed E-state index contributed by atoms with van der Waals surface area (Å²) in [4.78, 5) is 5.71. The summed E-state index contributed by atoms with van der Waals surface area (Å²) in [6.45, 7) is 1.62. The fourth-order valence-electron chi connectivity index (χ4n) is 6.16. The smallest absolute Gasteiger partial charge is 0.744 e. The van der Waals surface area contributed by atoms with Gasteiger partial charge in [-0.2, -0.15) is 29.6 Å². The van der Waals surface area contributed by atoms with Gasteiger partial charge >= 0.3 is 87.0 Å². The molecule has 68 heavy (non-hydrogen) atoms. The molecule has 0 saturated heterocycles. The second-order valence-electron chi connectivity index (χ2n) is 13.4. The van der Waals surface area contributed by atoms with Crippen LogP contribution >= 0.6 is 0 Å². The molecule has 342 valence electrons. The van der Waals surface area contributed by atoms with Crippen molar-refractivity contribution >= 4 is 118 Å². The molecule has 0 fully saturated rings. The van der Waals surface area contributed by atoms with E-state index >= 15 is 0 Å². The third kappa shape index (κ3) is 12.7. The fourth-order valence-corrected chi connectivity index (χ4v) is 9.30. The first-order chi connectivity index (χ1) is 30.6. The predicted molar refractivity (Wildman–Crippen MR) is 220 cm³/mol. The summed E-state index contributed by atoms with van der Waals surface area (Å²) in [5, 5.41) is 19.8. The molecule has 6 aromatic carbocycles. The molecule has 24 nitrogen and oxygen atoms in total. The Morgan fingerprint density at radius 3 is 1.60 bits per heavy atom. The van der Waals surface area contributed by atoms with Crippen molar-refractivity contribution in [1.29, 1.82) is 0 Å². The number of benzene rings is 6. The number of hydrogen-bond donors (Lipinski definition) is 2. The number of aromatic nitrogens is 3. The van der Waals surface area contributed by atoms with E-state index in [2.05, 4.69) is 46.0 Å². The molecule has 0 amide bonds. The van der Waals surface area contributed by atoms with Crippen LogP contribution in [-0.2, 0) is 50.6 Å². The minimum atomic E-state index is -5.65. The van der Waals surface area contributed by atoms with Gasteiger partial charge in [0, 0.05) is 27.2 Å². The van der Waals surface area contributed by atoms with Crippen molar-refractivity contribution in [2.24, 2.45) is 20.5 Å². The number of halogens is 1. The maximum Gasteiger partial charge on any atom is 1.00 e. The first kappa shape index (κ1) is 54.7. The first-order valence-electron chi connectivity index (χ1n) is 17.6. The Balaban J connectivity index is 0.00000432. The maximum absolute atomic E-state index is 14.4. The van der Waals surface area contributed by atoms with Gasteiger partial charge in [-0.3, -0.25) is 0 Å². The summed E-state index contributed by atoms with van der Waals surface area (Å²) in [7, 11) is -26.8. The second-order valence-corrected chi connectivity index (χ2v) is 20.2. The monoisotopic (exact) mass is 1060 g/mol. The molecule has 0 radical (unpaired) electrons. The zero-order valence-corrected chi connectivity index (χ0v) is 43.6. The molecule has 2 N–H and O–H groups in total. The van der Waals surface area contributed by atoms with Crippen molar-refractivity contribution in [3.05, 3.63) is 109 Å². The van der Waals surface area contributed by atoms with E-state index in [1.807, 2.05) is 0 Å². The van der Waals surface area contributed by atoms with Gasteiger partial charge in [0.05, 0.1) is 52.9 Å². The van der Waals surface area contributed by atoms with Crippen LogP contribution in [0.25, 0.3) is 21.5 Å². The molecule has 0 aliphatic heterocycles. The zero-order chi connectivity index (χ0) is 48.1. The summed E-state index contributed by atoms with van der Waals surface area (Å²) in [5.74, 6) is -0.766. The Morgan fingerprint density at radius 1 is 0.485 bits per heavy atom. The molecule has 7 rings (SSSR count). The summed E-state index contributed by atoms with van der Waals surface area (Å²) >= 11 is 0. The van der Waals surface area contributed by atoms with Crippen molar-refractivity contribution in [3.8, 4) is 0 Å². The zero-order valence-electron chi connectivity index (χ0n) is 34.4. The van der Waals surface area contributed by atoms with Crippen molar-refractivity contribution in [1.82, 2.24) is 15.0 Å². The second kappa shape index (κ2) is 20.6.